The van der Waals surface area contributed by atoms with E-state index in [0.29, 0.717) is 17.4 Å². The zero-order valence-electron chi connectivity index (χ0n) is 23.0. The van der Waals surface area contributed by atoms with Crippen molar-refractivity contribution in [2.45, 2.75) is 95.8 Å². The molecule has 2 fully saturated rings. The molecule has 0 unspecified atom stereocenters. The van der Waals surface area contributed by atoms with Crippen LogP contribution in [0.2, 0.25) is 0 Å². The van der Waals surface area contributed by atoms with E-state index in [4.69, 9.17) is 0 Å². The third-order valence-electron chi connectivity index (χ3n) is 8.91. The number of carbonyl (C=O) groups is 2. The van der Waals surface area contributed by atoms with Crippen LogP contribution in [-0.4, -0.2) is 22.2 Å². The lowest BCUT2D eigenvalue weighted by atomic mass is 9.70. The van der Waals surface area contributed by atoms with Crippen molar-refractivity contribution in [2.75, 3.05) is 0 Å². The summed E-state index contributed by atoms with van der Waals surface area (Å²) < 4.78 is 0. The smallest absolute Gasteiger partial charge is 0.336 e. The molecule has 0 atom stereocenters. The summed E-state index contributed by atoms with van der Waals surface area (Å²) in [5.41, 5.74) is 7.69. The normalized spacial score (nSPS) is 16.7. The fourth-order valence-corrected chi connectivity index (χ4v) is 7.19. The van der Waals surface area contributed by atoms with Crippen molar-refractivity contribution in [3.63, 3.8) is 0 Å². The topological polar surface area (TPSA) is 74.6 Å². The number of hydrogen-bond acceptors (Lipinski definition) is 2. The third-order valence-corrected chi connectivity index (χ3v) is 8.91. The fourth-order valence-electron chi connectivity index (χ4n) is 7.19. The Morgan fingerprint density at radius 1 is 0.692 bits per heavy atom. The Labute approximate surface area is 232 Å². The number of carboxylic acids is 2. The zero-order chi connectivity index (χ0) is 27.4. The van der Waals surface area contributed by atoms with E-state index in [9.17, 15) is 19.8 Å². The molecular weight excluding hydrogens is 484 g/mol. The summed E-state index contributed by atoms with van der Waals surface area (Å²) in [5, 5.41) is 20.6. The molecule has 0 amide bonds. The third kappa shape index (κ3) is 5.52. The van der Waals surface area contributed by atoms with Crippen LogP contribution in [0.1, 0.15) is 127 Å². The van der Waals surface area contributed by atoms with Gasteiger partial charge in [-0.1, -0.05) is 94.3 Å². The molecule has 2 aliphatic rings. The first kappa shape index (κ1) is 27.2. The summed E-state index contributed by atoms with van der Waals surface area (Å²) in [7, 11) is 0. The first-order valence-corrected chi connectivity index (χ1v) is 14.9. The summed E-state index contributed by atoms with van der Waals surface area (Å²) >= 11 is 0. The molecule has 0 spiro atoms. The van der Waals surface area contributed by atoms with Gasteiger partial charge in [0.15, 0.2) is 0 Å². The first-order chi connectivity index (χ1) is 19.0. The van der Waals surface area contributed by atoms with Crippen LogP contribution in [0.25, 0.3) is 22.3 Å². The standard InChI is InChI=1S/C35H40O4/c1-2-13-25-22-30(23-14-5-3-6-15-23)31(24-16-7-4-8-17-24)33(27-19-10-12-21-29(27)35(38)39)32(25)26-18-9-11-20-28(26)34(36)37/h9-12,18-24H,2-8,13-17H2,1H3,(H,36,37)(H,38,39). The van der Waals surface area contributed by atoms with E-state index >= 15 is 0 Å². The van der Waals surface area contributed by atoms with Crippen molar-refractivity contribution < 1.29 is 19.8 Å². The van der Waals surface area contributed by atoms with Gasteiger partial charge < -0.3 is 10.2 Å². The summed E-state index contributed by atoms with van der Waals surface area (Å²) in [6.45, 7) is 2.16. The Balaban J connectivity index is 1.95. The van der Waals surface area contributed by atoms with Gasteiger partial charge in [-0.25, -0.2) is 9.59 Å². The molecule has 2 aliphatic carbocycles. The number of aromatic carboxylic acids is 2. The second kappa shape index (κ2) is 12.2. The highest BCUT2D eigenvalue weighted by Gasteiger charge is 2.32. The molecule has 39 heavy (non-hydrogen) atoms. The summed E-state index contributed by atoms with van der Waals surface area (Å²) in [4.78, 5) is 25.1. The van der Waals surface area contributed by atoms with E-state index in [0.717, 1.165) is 60.8 Å². The van der Waals surface area contributed by atoms with Gasteiger partial charge in [0.2, 0.25) is 0 Å². The Kier molecular flexibility index (Phi) is 8.50. The minimum atomic E-state index is -0.957. The molecule has 0 aromatic heterocycles. The average Bonchev–Trinajstić information content (AvgIpc) is 2.97. The maximum absolute atomic E-state index is 12.6. The molecule has 0 saturated heterocycles. The van der Waals surface area contributed by atoms with E-state index < -0.39 is 11.9 Å². The number of hydrogen-bond donors (Lipinski definition) is 2. The number of benzene rings is 3. The van der Waals surface area contributed by atoms with Crippen molar-refractivity contribution >= 4 is 11.9 Å². The van der Waals surface area contributed by atoms with Gasteiger partial charge in [-0.2, -0.15) is 0 Å². The average molecular weight is 525 g/mol. The number of aryl methyl sites for hydroxylation is 1. The van der Waals surface area contributed by atoms with Crippen molar-refractivity contribution in [2.24, 2.45) is 0 Å². The molecule has 0 heterocycles. The van der Waals surface area contributed by atoms with Gasteiger partial charge in [0.25, 0.3) is 0 Å². The predicted octanol–water partition coefficient (Wildman–Crippen LogP) is 9.46. The van der Waals surface area contributed by atoms with E-state index in [1.807, 2.05) is 24.3 Å². The molecule has 3 aromatic carbocycles. The molecule has 5 rings (SSSR count). The van der Waals surface area contributed by atoms with Crippen molar-refractivity contribution in [3.05, 3.63) is 82.4 Å². The Bertz CT molecular complexity index is 1340. The van der Waals surface area contributed by atoms with Crippen LogP contribution in [0.15, 0.2) is 54.6 Å². The number of rotatable bonds is 8. The Hall–Kier alpha value is -3.40. The van der Waals surface area contributed by atoms with Crippen LogP contribution in [-0.2, 0) is 6.42 Å². The molecule has 2 saturated carbocycles. The molecule has 0 aliphatic heterocycles. The Morgan fingerprint density at radius 3 is 1.69 bits per heavy atom. The summed E-state index contributed by atoms with van der Waals surface area (Å²) in [5.74, 6) is -1.09. The zero-order valence-corrected chi connectivity index (χ0v) is 23.0. The maximum atomic E-state index is 12.6. The lowest BCUT2D eigenvalue weighted by Gasteiger charge is -2.34. The monoisotopic (exact) mass is 524 g/mol. The van der Waals surface area contributed by atoms with Crippen LogP contribution >= 0.6 is 0 Å². The van der Waals surface area contributed by atoms with Crippen LogP contribution < -0.4 is 0 Å². The molecule has 3 aromatic rings. The highest BCUT2D eigenvalue weighted by Crippen LogP contribution is 2.51. The lowest BCUT2D eigenvalue weighted by Crippen LogP contribution is -2.17. The Morgan fingerprint density at radius 2 is 1.18 bits per heavy atom. The molecule has 4 nitrogen and oxygen atoms in total. The van der Waals surface area contributed by atoms with Gasteiger partial charge in [0, 0.05) is 0 Å². The number of carboxylic acid groups (broad SMARTS) is 2. The fraction of sp³-hybridized carbons (Fsp3) is 0.429. The van der Waals surface area contributed by atoms with Gasteiger partial charge in [-0.05, 0) is 95.0 Å². The molecule has 0 radical (unpaired) electrons. The minimum absolute atomic E-state index is 0.268. The maximum Gasteiger partial charge on any atom is 0.336 e. The largest absolute Gasteiger partial charge is 0.478 e. The van der Waals surface area contributed by atoms with Gasteiger partial charge in [0.05, 0.1) is 11.1 Å². The van der Waals surface area contributed by atoms with Gasteiger partial charge in [-0.15, -0.1) is 0 Å². The second-order valence-electron chi connectivity index (χ2n) is 11.4. The van der Waals surface area contributed by atoms with Crippen molar-refractivity contribution in [1.29, 1.82) is 0 Å². The van der Waals surface area contributed by atoms with Gasteiger partial charge in [-0.3, -0.25) is 0 Å². The highest BCUT2D eigenvalue weighted by molar-refractivity contribution is 6.04. The molecular formula is C35H40O4. The van der Waals surface area contributed by atoms with E-state index in [1.165, 1.54) is 49.7 Å². The van der Waals surface area contributed by atoms with Gasteiger partial charge in [0.1, 0.15) is 0 Å². The van der Waals surface area contributed by atoms with Crippen LogP contribution in [0, 0.1) is 0 Å². The quantitative estimate of drug-likeness (QED) is 0.308. The summed E-state index contributed by atoms with van der Waals surface area (Å²) in [6, 6.07) is 17.0. The molecule has 0 bridgehead atoms. The van der Waals surface area contributed by atoms with E-state index in [-0.39, 0.29) is 11.1 Å². The van der Waals surface area contributed by atoms with Gasteiger partial charge >= 0.3 is 11.9 Å². The van der Waals surface area contributed by atoms with Crippen LogP contribution in [0.5, 0.6) is 0 Å². The van der Waals surface area contributed by atoms with E-state index in [1.54, 1.807) is 24.3 Å². The second-order valence-corrected chi connectivity index (χ2v) is 11.4. The minimum Gasteiger partial charge on any atom is -0.478 e. The molecule has 204 valence electrons. The predicted molar refractivity (Wildman–Crippen MR) is 157 cm³/mol. The lowest BCUT2D eigenvalue weighted by molar-refractivity contribution is 0.0686. The SMILES string of the molecule is CCCc1cc(C2CCCCC2)c(C2CCCCC2)c(-c2ccccc2C(=O)O)c1-c1ccccc1C(=O)O. The van der Waals surface area contributed by atoms with Crippen LogP contribution in [0.3, 0.4) is 0 Å². The summed E-state index contributed by atoms with van der Waals surface area (Å²) in [6.07, 6.45) is 13.6. The first-order valence-electron chi connectivity index (χ1n) is 14.9. The van der Waals surface area contributed by atoms with Crippen molar-refractivity contribution in [3.8, 4) is 22.3 Å². The van der Waals surface area contributed by atoms with Crippen LogP contribution in [0.4, 0.5) is 0 Å². The van der Waals surface area contributed by atoms with E-state index in [2.05, 4.69) is 13.0 Å². The molecule has 4 heteroatoms. The highest BCUT2D eigenvalue weighted by atomic mass is 16.4. The van der Waals surface area contributed by atoms with Crippen molar-refractivity contribution in [1.82, 2.24) is 0 Å². The molecule has 2 N–H and O–H groups in total.